The van der Waals surface area contributed by atoms with E-state index in [1.165, 1.54) is 6.92 Å². The smallest absolute Gasteiger partial charge is 0.219 e. The molecule has 0 saturated heterocycles. The van der Waals surface area contributed by atoms with Gasteiger partial charge >= 0.3 is 0 Å². The van der Waals surface area contributed by atoms with Crippen LogP contribution in [0.4, 0.5) is 0 Å². The monoisotopic (exact) mass is 237 g/mol. The van der Waals surface area contributed by atoms with Crippen LogP contribution in [0.2, 0.25) is 0 Å². The van der Waals surface area contributed by atoms with Crippen LogP contribution >= 0.6 is 21.6 Å². The first-order valence-corrected chi connectivity index (χ1v) is 7.10. The Morgan fingerprint density at radius 1 is 1.43 bits per heavy atom. The van der Waals surface area contributed by atoms with Crippen molar-refractivity contribution in [3.05, 3.63) is 0 Å². The maximum Gasteiger partial charge on any atom is 0.219 e. The predicted molar refractivity (Wildman–Crippen MR) is 64.5 cm³/mol. The second-order valence-corrected chi connectivity index (χ2v) is 6.26. The number of aliphatic hydroxyl groups is 1. The minimum atomic E-state index is 0.0363. The molecule has 0 saturated carbocycles. The molecule has 0 aromatic rings. The van der Waals surface area contributed by atoms with Gasteiger partial charge in [0.15, 0.2) is 0 Å². The number of carbonyl (C=O) groups is 1. The summed E-state index contributed by atoms with van der Waals surface area (Å²) in [6, 6.07) is 0. The van der Waals surface area contributed by atoms with E-state index in [0.717, 1.165) is 12.3 Å². The van der Waals surface area contributed by atoms with Gasteiger partial charge in [0.2, 0.25) is 5.91 Å². The van der Waals surface area contributed by atoms with E-state index >= 15 is 0 Å². The zero-order chi connectivity index (χ0) is 11.0. The summed E-state index contributed by atoms with van der Waals surface area (Å²) in [5, 5.41) is 9.34. The Balaban J connectivity index is 3.56. The van der Waals surface area contributed by atoms with Gasteiger partial charge in [0.05, 0.1) is 6.61 Å². The van der Waals surface area contributed by atoms with Gasteiger partial charge in [0, 0.05) is 31.0 Å². The first-order chi connectivity index (χ1) is 6.57. The van der Waals surface area contributed by atoms with Gasteiger partial charge in [0.1, 0.15) is 0 Å². The Labute approximate surface area is 94.0 Å². The van der Waals surface area contributed by atoms with Crippen molar-refractivity contribution in [3.8, 4) is 0 Å². The minimum Gasteiger partial charge on any atom is -0.395 e. The number of carbonyl (C=O) groups excluding carboxylic acids is 1. The molecule has 0 aliphatic heterocycles. The molecule has 0 spiro atoms. The fourth-order valence-corrected chi connectivity index (χ4v) is 2.87. The normalized spacial score (nSPS) is 10.6. The third kappa shape index (κ3) is 7.53. The van der Waals surface area contributed by atoms with Crippen molar-refractivity contribution in [2.45, 2.75) is 26.0 Å². The Morgan fingerprint density at radius 2 is 2.07 bits per heavy atom. The third-order valence-corrected chi connectivity index (χ3v) is 4.45. The Bertz CT molecular complexity index is 165. The second-order valence-electron chi connectivity index (χ2n) is 3.20. The summed E-state index contributed by atoms with van der Waals surface area (Å²) in [5.41, 5.74) is 0. The van der Waals surface area contributed by atoms with Crippen molar-refractivity contribution in [1.82, 2.24) is 4.90 Å². The van der Waals surface area contributed by atoms with Crippen molar-refractivity contribution in [2.24, 2.45) is 0 Å². The van der Waals surface area contributed by atoms with Crippen LogP contribution in [0.25, 0.3) is 0 Å². The SMILES string of the molecule is CC(=O)N(CCO)CCSSC(C)C. The Morgan fingerprint density at radius 3 is 2.50 bits per heavy atom. The minimum absolute atomic E-state index is 0.0363. The topological polar surface area (TPSA) is 40.5 Å². The summed E-state index contributed by atoms with van der Waals surface area (Å²) in [4.78, 5) is 12.7. The number of nitrogens with zero attached hydrogens (tertiary/aromatic N) is 1. The molecule has 0 aromatic carbocycles. The molecule has 1 N–H and O–H groups in total. The molecule has 0 aliphatic rings. The number of aliphatic hydroxyl groups excluding tert-OH is 1. The zero-order valence-electron chi connectivity index (χ0n) is 9.02. The van der Waals surface area contributed by atoms with Crippen LogP contribution in [0.15, 0.2) is 0 Å². The molecular formula is C9H19NO2S2. The fraction of sp³-hybridized carbons (Fsp3) is 0.889. The fourth-order valence-electron chi connectivity index (χ4n) is 0.879. The number of hydrogen-bond acceptors (Lipinski definition) is 4. The maximum atomic E-state index is 11.1. The molecule has 0 aromatic heterocycles. The largest absolute Gasteiger partial charge is 0.395 e. The molecule has 1 amide bonds. The summed E-state index contributed by atoms with van der Waals surface area (Å²) in [6.45, 7) is 7.04. The summed E-state index contributed by atoms with van der Waals surface area (Å²) in [5.74, 6) is 0.955. The van der Waals surface area contributed by atoms with Gasteiger partial charge in [0.25, 0.3) is 0 Å². The lowest BCUT2D eigenvalue weighted by Gasteiger charge is -2.19. The molecule has 0 atom stereocenters. The van der Waals surface area contributed by atoms with Crippen LogP contribution in [-0.4, -0.2) is 46.6 Å². The van der Waals surface area contributed by atoms with E-state index in [9.17, 15) is 4.79 Å². The van der Waals surface area contributed by atoms with Gasteiger partial charge in [-0.1, -0.05) is 35.4 Å². The standard InChI is InChI=1S/C9H19NO2S2/c1-8(2)14-13-7-5-10(4-6-11)9(3)12/h8,11H,4-7H2,1-3H3. The van der Waals surface area contributed by atoms with Gasteiger partial charge in [-0.3, -0.25) is 4.79 Å². The van der Waals surface area contributed by atoms with Crippen LogP contribution in [0.1, 0.15) is 20.8 Å². The highest BCUT2D eigenvalue weighted by Crippen LogP contribution is 2.25. The number of hydrogen-bond donors (Lipinski definition) is 1. The van der Waals surface area contributed by atoms with E-state index < -0.39 is 0 Å². The molecule has 14 heavy (non-hydrogen) atoms. The van der Waals surface area contributed by atoms with Crippen LogP contribution in [0.3, 0.4) is 0 Å². The first kappa shape index (κ1) is 14.1. The quantitative estimate of drug-likeness (QED) is 0.539. The van der Waals surface area contributed by atoms with Crippen LogP contribution in [-0.2, 0) is 4.79 Å². The molecule has 3 nitrogen and oxygen atoms in total. The van der Waals surface area contributed by atoms with E-state index in [1.807, 2.05) is 10.8 Å². The van der Waals surface area contributed by atoms with Crippen molar-refractivity contribution in [2.75, 3.05) is 25.4 Å². The van der Waals surface area contributed by atoms with Crippen molar-refractivity contribution in [1.29, 1.82) is 0 Å². The lowest BCUT2D eigenvalue weighted by molar-refractivity contribution is -0.129. The van der Waals surface area contributed by atoms with E-state index in [2.05, 4.69) is 13.8 Å². The number of amides is 1. The third-order valence-electron chi connectivity index (χ3n) is 1.52. The average molecular weight is 237 g/mol. The summed E-state index contributed by atoms with van der Waals surface area (Å²) in [7, 11) is 3.59. The highest BCUT2D eigenvalue weighted by molar-refractivity contribution is 8.76. The van der Waals surface area contributed by atoms with Gasteiger partial charge < -0.3 is 10.0 Å². The van der Waals surface area contributed by atoms with Crippen molar-refractivity contribution in [3.63, 3.8) is 0 Å². The number of rotatable bonds is 7. The average Bonchev–Trinajstić information content (AvgIpc) is 2.09. The molecule has 5 heteroatoms. The zero-order valence-corrected chi connectivity index (χ0v) is 10.7. The molecule has 0 radical (unpaired) electrons. The van der Waals surface area contributed by atoms with E-state index in [0.29, 0.717) is 11.8 Å². The molecule has 0 unspecified atom stereocenters. The Hall–Kier alpha value is 0.130. The Kier molecular flexibility index (Phi) is 8.52. The van der Waals surface area contributed by atoms with Gasteiger partial charge in [-0.2, -0.15) is 0 Å². The van der Waals surface area contributed by atoms with Gasteiger partial charge in [-0.15, -0.1) is 0 Å². The summed E-state index contributed by atoms with van der Waals surface area (Å²) < 4.78 is 0. The molecule has 0 fully saturated rings. The lowest BCUT2D eigenvalue weighted by Crippen LogP contribution is -2.33. The van der Waals surface area contributed by atoms with Crippen molar-refractivity contribution < 1.29 is 9.90 Å². The second kappa shape index (κ2) is 8.44. The summed E-state index contributed by atoms with van der Waals surface area (Å²) >= 11 is 0. The first-order valence-electron chi connectivity index (χ1n) is 4.72. The maximum absolute atomic E-state index is 11.1. The molecule has 84 valence electrons. The molecule has 0 heterocycles. The van der Waals surface area contributed by atoms with E-state index in [1.54, 1.807) is 15.7 Å². The molecule has 0 bridgehead atoms. The summed E-state index contributed by atoms with van der Waals surface area (Å²) in [6.07, 6.45) is 0. The molecule has 0 aliphatic carbocycles. The highest BCUT2D eigenvalue weighted by atomic mass is 33.1. The highest BCUT2D eigenvalue weighted by Gasteiger charge is 2.07. The molecule has 0 rings (SSSR count). The van der Waals surface area contributed by atoms with Crippen LogP contribution in [0.5, 0.6) is 0 Å². The predicted octanol–water partition coefficient (Wildman–Crippen LogP) is 1.62. The van der Waals surface area contributed by atoms with Crippen LogP contribution < -0.4 is 0 Å². The van der Waals surface area contributed by atoms with Crippen LogP contribution in [0, 0.1) is 0 Å². The molecular weight excluding hydrogens is 218 g/mol. The van der Waals surface area contributed by atoms with Gasteiger partial charge in [-0.05, 0) is 0 Å². The lowest BCUT2D eigenvalue weighted by atomic mass is 10.5. The van der Waals surface area contributed by atoms with Crippen molar-refractivity contribution >= 4 is 27.5 Å². The van der Waals surface area contributed by atoms with E-state index in [-0.39, 0.29) is 12.5 Å². The van der Waals surface area contributed by atoms with Gasteiger partial charge in [-0.25, -0.2) is 0 Å². The van der Waals surface area contributed by atoms with E-state index in [4.69, 9.17) is 5.11 Å².